The summed E-state index contributed by atoms with van der Waals surface area (Å²) in [7, 11) is 0. The van der Waals surface area contributed by atoms with E-state index in [0.29, 0.717) is 18.3 Å². The molecule has 1 aromatic heterocycles. The highest BCUT2D eigenvalue weighted by Crippen LogP contribution is 2.54. The lowest BCUT2D eigenvalue weighted by Crippen LogP contribution is -2.34. The molecule has 1 unspecified atom stereocenters. The Kier molecular flexibility index (Phi) is 6.40. The molecule has 2 aliphatic rings. The van der Waals surface area contributed by atoms with Crippen molar-refractivity contribution in [2.24, 2.45) is 11.7 Å². The molecule has 1 heterocycles. The number of carbonyl (C=O) groups excluding carboxylic acids is 1. The normalized spacial score (nSPS) is 17.2. The summed E-state index contributed by atoms with van der Waals surface area (Å²) in [6, 6.07) is 15.8. The van der Waals surface area contributed by atoms with Gasteiger partial charge in [0, 0.05) is 41.3 Å². The molecule has 0 spiro atoms. The Morgan fingerprint density at radius 3 is 2.51 bits per heavy atom. The molecule has 0 aliphatic heterocycles. The number of rotatable bonds is 7. The Hall–Kier alpha value is -3.87. The first-order valence-corrected chi connectivity index (χ1v) is 12.2. The SMILES string of the molecule is CC(C)NC(=O)Nc1ccc(C2=C(N)c3ccc(OCc4ncccn4)cc3C2C2CCC2)cc1. The Morgan fingerprint density at radius 1 is 1.11 bits per heavy atom. The lowest BCUT2D eigenvalue weighted by Gasteiger charge is -2.34. The van der Waals surface area contributed by atoms with Crippen molar-refractivity contribution in [2.75, 3.05) is 5.32 Å². The molecule has 2 aromatic carbocycles. The number of ether oxygens (including phenoxy) is 1. The number of nitrogens with zero attached hydrogens (tertiary/aromatic N) is 2. The highest BCUT2D eigenvalue weighted by atomic mass is 16.5. The van der Waals surface area contributed by atoms with Crippen molar-refractivity contribution in [1.29, 1.82) is 0 Å². The van der Waals surface area contributed by atoms with Crippen LogP contribution in [0.15, 0.2) is 60.9 Å². The average molecular weight is 470 g/mol. The molecule has 0 saturated heterocycles. The molecule has 1 atom stereocenters. The van der Waals surface area contributed by atoms with Crippen molar-refractivity contribution >= 4 is 23.0 Å². The third kappa shape index (κ3) is 4.85. The van der Waals surface area contributed by atoms with Crippen molar-refractivity contribution in [1.82, 2.24) is 15.3 Å². The van der Waals surface area contributed by atoms with E-state index in [1.54, 1.807) is 18.5 Å². The Morgan fingerprint density at radius 2 is 1.86 bits per heavy atom. The zero-order chi connectivity index (χ0) is 24.4. The highest BCUT2D eigenvalue weighted by molar-refractivity contribution is 5.99. The second kappa shape index (κ2) is 9.78. The Balaban J connectivity index is 1.39. The third-order valence-corrected chi connectivity index (χ3v) is 6.73. The maximum absolute atomic E-state index is 12.1. The van der Waals surface area contributed by atoms with Gasteiger partial charge in [-0.25, -0.2) is 14.8 Å². The maximum atomic E-state index is 12.1. The van der Waals surface area contributed by atoms with Gasteiger partial charge in [0.05, 0.1) is 0 Å². The van der Waals surface area contributed by atoms with Gasteiger partial charge in [-0.1, -0.05) is 18.6 Å². The summed E-state index contributed by atoms with van der Waals surface area (Å²) in [5, 5.41) is 5.73. The van der Waals surface area contributed by atoms with Gasteiger partial charge in [-0.2, -0.15) is 0 Å². The molecule has 7 heteroatoms. The Labute approximate surface area is 205 Å². The van der Waals surface area contributed by atoms with Crippen LogP contribution in [0.3, 0.4) is 0 Å². The molecule has 5 rings (SSSR count). The summed E-state index contributed by atoms with van der Waals surface area (Å²) in [6.07, 6.45) is 7.07. The molecule has 1 saturated carbocycles. The van der Waals surface area contributed by atoms with E-state index in [-0.39, 0.29) is 18.0 Å². The second-order valence-electron chi connectivity index (χ2n) is 9.53. The molecule has 0 radical (unpaired) electrons. The van der Waals surface area contributed by atoms with E-state index < -0.39 is 0 Å². The molecule has 2 aliphatic carbocycles. The number of anilines is 1. The zero-order valence-electron chi connectivity index (χ0n) is 20.1. The second-order valence-corrected chi connectivity index (χ2v) is 9.53. The molecule has 2 amide bonds. The average Bonchev–Trinajstić information content (AvgIpc) is 3.09. The lowest BCUT2D eigenvalue weighted by molar-refractivity contribution is 0.250. The lowest BCUT2D eigenvalue weighted by atomic mass is 9.70. The highest BCUT2D eigenvalue weighted by Gasteiger charge is 2.39. The minimum atomic E-state index is -0.208. The van der Waals surface area contributed by atoms with Crippen LogP contribution >= 0.6 is 0 Å². The van der Waals surface area contributed by atoms with Crippen LogP contribution in [-0.4, -0.2) is 22.0 Å². The van der Waals surface area contributed by atoms with E-state index in [1.807, 2.05) is 32.0 Å². The standard InChI is InChI=1S/C28H31N5O2/c1-17(2)32-28(34)33-20-9-7-19(8-10-20)26-25(18-5-3-6-18)23-15-21(11-12-22(23)27(26)29)35-16-24-30-13-4-14-31-24/h4,7-15,17-18,25H,3,5-6,16,29H2,1-2H3,(H2,32,33,34). The summed E-state index contributed by atoms with van der Waals surface area (Å²) in [5.41, 5.74) is 12.9. The van der Waals surface area contributed by atoms with Crippen LogP contribution in [0, 0.1) is 5.92 Å². The van der Waals surface area contributed by atoms with E-state index in [0.717, 1.165) is 28.3 Å². The number of nitrogens with two attached hydrogens (primary N) is 1. The van der Waals surface area contributed by atoms with Crippen LogP contribution < -0.4 is 21.1 Å². The zero-order valence-corrected chi connectivity index (χ0v) is 20.1. The number of nitrogens with one attached hydrogen (secondary N) is 2. The van der Waals surface area contributed by atoms with Gasteiger partial charge in [0.1, 0.15) is 12.4 Å². The van der Waals surface area contributed by atoms with E-state index in [2.05, 4.69) is 44.9 Å². The number of aromatic nitrogens is 2. The fourth-order valence-corrected chi connectivity index (χ4v) is 4.91. The van der Waals surface area contributed by atoms with Gasteiger partial charge in [0.2, 0.25) is 0 Å². The van der Waals surface area contributed by atoms with Crippen molar-refractivity contribution in [3.8, 4) is 5.75 Å². The number of hydrogen-bond acceptors (Lipinski definition) is 5. The van der Waals surface area contributed by atoms with E-state index in [9.17, 15) is 4.79 Å². The Bertz CT molecular complexity index is 1230. The van der Waals surface area contributed by atoms with Crippen molar-refractivity contribution in [3.63, 3.8) is 0 Å². The predicted octanol–water partition coefficient (Wildman–Crippen LogP) is 5.31. The first kappa shape index (κ1) is 22.9. The van der Waals surface area contributed by atoms with Crippen molar-refractivity contribution in [2.45, 2.75) is 51.7 Å². The van der Waals surface area contributed by atoms with Crippen LogP contribution in [-0.2, 0) is 6.61 Å². The molecule has 4 N–H and O–H groups in total. The molecule has 3 aromatic rings. The van der Waals surface area contributed by atoms with Gasteiger partial charge in [0.15, 0.2) is 5.82 Å². The van der Waals surface area contributed by atoms with Crippen LogP contribution in [0.25, 0.3) is 11.3 Å². The van der Waals surface area contributed by atoms with Gasteiger partial charge < -0.3 is 21.1 Å². The minimum absolute atomic E-state index is 0.0774. The molecular weight excluding hydrogens is 438 g/mol. The first-order chi connectivity index (χ1) is 17.0. The van der Waals surface area contributed by atoms with Crippen molar-refractivity contribution < 1.29 is 9.53 Å². The van der Waals surface area contributed by atoms with E-state index in [4.69, 9.17) is 10.5 Å². The first-order valence-electron chi connectivity index (χ1n) is 12.2. The fourth-order valence-electron chi connectivity index (χ4n) is 4.91. The van der Waals surface area contributed by atoms with E-state index in [1.165, 1.54) is 30.4 Å². The summed E-state index contributed by atoms with van der Waals surface area (Å²) in [6.45, 7) is 4.19. The molecule has 1 fully saturated rings. The number of urea groups is 1. The number of amides is 2. The van der Waals surface area contributed by atoms with E-state index >= 15 is 0 Å². The maximum Gasteiger partial charge on any atom is 0.319 e. The topological polar surface area (TPSA) is 102 Å². The van der Waals surface area contributed by atoms with Gasteiger partial charge >= 0.3 is 6.03 Å². The fraction of sp³-hybridized carbons (Fsp3) is 0.321. The van der Waals surface area contributed by atoms with Gasteiger partial charge in [-0.05, 0) is 85.7 Å². The number of benzene rings is 2. The molecule has 35 heavy (non-hydrogen) atoms. The molecule has 180 valence electrons. The molecular formula is C28H31N5O2. The predicted molar refractivity (Wildman–Crippen MR) is 138 cm³/mol. The van der Waals surface area contributed by atoms with Crippen LogP contribution in [0.4, 0.5) is 10.5 Å². The number of hydrogen-bond donors (Lipinski definition) is 3. The van der Waals surface area contributed by atoms with Crippen LogP contribution in [0.1, 0.15) is 61.5 Å². The van der Waals surface area contributed by atoms with Gasteiger partial charge in [-0.15, -0.1) is 0 Å². The number of allylic oxidation sites excluding steroid dienone is 1. The van der Waals surface area contributed by atoms with Gasteiger partial charge in [-0.3, -0.25) is 0 Å². The summed E-state index contributed by atoms with van der Waals surface area (Å²) in [5.74, 6) is 2.24. The largest absolute Gasteiger partial charge is 0.486 e. The molecule has 0 bridgehead atoms. The molecule has 7 nitrogen and oxygen atoms in total. The quantitative estimate of drug-likeness (QED) is 0.435. The van der Waals surface area contributed by atoms with Crippen LogP contribution in [0.2, 0.25) is 0 Å². The summed E-state index contributed by atoms with van der Waals surface area (Å²) < 4.78 is 6.02. The minimum Gasteiger partial charge on any atom is -0.486 e. The van der Waals surface area contributed by atoms with Crippen LogP contribution in [0.5, 0.6) is 5.75 Å². The summed E-state index contributed by atoms with van der Waals surface area (Å²) in [4.78, 5) is 20.5. The van der Waals surface area contributed by atoms with Crippen molar-refractivity contribution in [3.05, 3.63) is 83.4 Å². The number of fused-ring (bicyclic) bond motifs is 1. The summed E-state index contributed by atoms with van der Waals surface area (Å²) >= 11 is 0. The smallest absolute Gasteiger partial charge is 0.319 e. The number of carbonyl (C=O) groups is 1. The monoisotopic (exact) mass is 469 g/mol. The van der Waals surface area contributed by atoms with Gasteiger partial charge in [0.25, 0.3) is 0 Å². The third-order valence-electron chi connectivity index (χ3n) is 6.73.